The highest BCUT2D eigenvalue weighted by Gasteiger charge is 2.14. The van der Waals surface area contributed by atoms with E-state index in [9.17, 15) is 15.0 Å². The summed E-state index contributed by atoms with van der Waals surface area (Å²) in [6, 6.07) is 15.6. The lowest BCUT2D eigenvalue weighted by Gasteiger charge is -2.13. The smallest absolute Gasteiger partial charge is 0.185 e. The van der Waals surface area contributed by atoms with Gasteiger partial charge in [0.25, 0.3) is 0 Å². The third kappa shape index (κ3) is 5.33. The molecule has 4 heteroatoms. The lowest BCUT2D eigenvalue weighted by molar-refractivity contribution is 0.104. The largest absolute Gasteiger partial charge is 0.507 e. The highest BCUT2D eigenvalue weighted by Crippen LogP contribution is 2.39. The van der Waals surface area contributed by atoms with Crippen molar-refractivity contribution in [1.82, 2.24) is 0 Å². The molecule has 0 aliphatic heterocycles. The van der Waals surface area contributed by atoms with Crippen molar-refractivity contribution in [3.8, 4) is 22.6 Å². The first-order valence-electron chi connectivity index (χ1n) is 9.81. The molecule has 31 heavy (non-hydrogen) atoms. The van der Waals surface area contributed by atoms with Gasteiger partial charge in [0.05, 0.1) is 0 Å². The van der Waals surface area contributed by atoms with Crippen LogP contribution in [0.3, 0.4) is 0 Å². The van der Waals surface area contributed by atoms with Gasteiger partial charge in [-0.05, 0) is 72.5 Å². The zero-order valence-electron chi connectivity index (χ0n) is 17.0. The molecule has 3 nitrogen and oxygen atoms in total. The van der Waals surface area contributed by atoms with Crippen LogP contribution in [0.5, 0.6) is 11.5 Å². The Kier molecular flexibility index (Phi) is 7.11. The van der Waals surface area contributed by atoms with E-state index in [0.29, 0.717) is 40.1 Å². The average Bonchev–Trinajstić information content (AvgIpc) is 2.75. The molecule has 0 aliphatic carbocycles. The first kappa shape index (κ1) is 22.1. The molecule has 0 radical (unpaired) electrons. The third-order valence-electron chi connectivity index (χ3n) is 4.83. The first-order valence-corrected chi connectivity index (χ1v) is 10.2. The molecule has 0 aliphatic rings. The van der Waals surface area contributed by atoms with E-state index in [1.165, 1.54) is 6.08 Å². The van der Waals surface area contributed by atoms with Crippen molar-refractivity contribution in [1.29, 1.82) is 0 Å². The fraction of sp³-hybridized carbons (Fsp3) is 0.0741. The number of hydrogen-bond donors (Lipinski definition) is 2. The number of halogens is 1. The summed E-state index contributed by atoms with van der Waals surface area (Å²) in [6.07, 6.45) is 7.72. The summed E-state index contributed by atoms with van der Waals surface area (Å²) < 4.78 is 0. The molecule has 3 rings (SSSR count). The van der Waals surface area contributed by atoms with Crippen molar-refractivity contribution < 1.29 is 15.0 Å². The summed E-state index contributed by atoms with van der Waals surface area (Å²) in [4.78, 5) is 12.5. The van der Waals surface area contributed by atoms with Gasteiger partial charge in [0.15, 0.2) is 5.78 Å². The summed E-state index contributed by atoms with van der Waals surface area (Å²) >= 11 is 5.97. The quantitative estimate of drug-likeness (QED) is 0.235. The third-order valence-corrected chi connectivity index (χ3v) is 5.07. The van der Waals surface area contributed by atoms with Gasteiger partial charge in [-0.3, -0.25) is 4.79 Å². The monoisotopic (exact) mass is 430 g/mol. The predicted octanol–water partition coefficient (Wildman–Crippen LogP) is 6.77. The molecule has 0 atom stereocenters. The van der Waals surface area contributed by atoms with E-state index < -0.39 is 0 Å². The second-order valence-corrected chi connectivity index (χ2v) is 7.56. The number of ketones is 1. The van der Waals surface area contributed by atoms with Crippen molar-refractivity contribution >= 4 is 23.5 Å². The summed E-state index contributed by atoms with van der Waals surface area (Å²) in [5.41, 5.74) is 3.78. The molecule has 0 bridgehead atoms. The number of allylic oxidation sites excluding steroid dienone is 3. The zero-order chi connectivity index (χ0) is 22.4. The molecule has 0 amide bonds. The van der Waals surface area contributed by atoms with Gasteiger partial charge in [0, 0.05) is 27.3 Å². The van der Waals surface area contributed by atoms with Crippen LogP contribution in [-0.2, 0) is 12.8 Å². The minimum Gasteiger partial charge on any atom is -0.507 e. The second-order valence-electron chi connectivity index (χ2n) is 7.13. The molecule has 2 N–H and O–H groups in total. The fourth-order valence-electron chi connectivity index (χ4n) is 3.33. The molecule has 0 saturated heterocycles. The van der Waals surface area contributed by atoms with E-state index in [-0.39, 0.29) is 17.3 Å². The van der Waals surface area contributed by atoms with Crippen molar-refractivity contribution in [2.75, 3.05) is 0 Å². The number of phenols is 2. The average molecular weight is 431 g/mol. The Labute approximate surface area is 187 Å². The number of carbonyl (C=O) groups is 1. The molecule has 3 aromatic carbocycles. The highest BCUT2D eigenvalue weighted by molar-refractivity contribution is 6.31. The molecule has 0 unspecified atom stereocenters. The number of carbonyl (C=O) groups excluding carboxylic acids is 1. The van der Waals surface area contributed by atoms with E-state index in [4.69, 9.17) is 11.6 Å². The molecule has 156 valence electrons. The highest BCUT2D eigenvalue weighted by atomic mass is 35.5. The molecular weight excluding hydrogens is 408 g/mol. The summed E-state index contributed by atoms with van der Waals surface area (Å²) in [6.45, 7) is 7.53. The van der Waals surface area contributed by atoms with Gasteiger partial charge in [-0.1, -0.05) is 42.0 Å². The van der Waals surface area contributed by atoms with Crippen LogP contribution >= 0.6 is 11.6 Å². The Balaban J connectivity index is 2.07. The summed E-state index contributed by atoms with van der Waals surface area (Å²) in [5, 5.41) is 21.9. The standard InChI is InChI=1S/C27H23ClO3/c1-3-6-18-10-12-26(30)23(15-18)24-16-19(7-4-2)14-21(27(24)31)11-13-25(29)20-8-5-9-22(28)17-20/h3-5,8-17,30-31H,1-2,6-7H2. The molecule has 3 aromatic rings. The summed E-state index contributed by atoms with van der Waals surface area (Å²) in [7, 11) is 0. The van der Waals surface area contributed by atoms with Gasteiger partial charge < -0.3 is 10.2 Å². The Morgan fingerprint density at radius 1 is 0.903 bits per heavy atom. The van der Waals surface area contributed by atoms with Crippen LogP contribution in [0.1, 0.15) is 27.0 Å². The SMILES string of the molecule is C=CCc1ccc(O)c(-c2cc(CC=C)cc(C=CC(=O)c3cccc(Cl)c3)c2O)c1. The van der Waals surface area contributed by atoms with Crippen LogP contribution in [0.25, 0.3) is 17.2 Å². The Hall–Kier alpha value is -3.56. The van der Waals surface area contributed by atoms with Crippen molar-refractivity contribution in [2.24, 2.45) is 0 Å². The van der Waals surface area contributed by atoms with Crippen LogP contribution in [0.2, 0.25) is 5.02 Å². The van der Waals surface area contributed by atoms with Crippen molar-refractivity contribution in [2.45, 2.75) is 12.8 Å². The van der Waals surface area contributed by atoms with Gasteiger partial charge in [-0.25, -0.2) is 0 Å². The van der Waals surface area contributed by atoms with Gasteiger partial charge in [-0.15, -0.1) is 13.2 Å². The van der Waals surface area contributed by atoms with E-state index >= 15 is 0 Å². The van der Waals surface area contributed by atoms with Gasteiger partial charge in [0.2, 0.25) is 0 Å². The minimum absolute atomic E-state index is 0.0194. The lowest BCUT2D eigenvalue weighted by atomic mass is 9.94. The maximum Gasteiger partial charge on any atom is 0.185 e. The number of phenolic OH excluding ortho intramolecular Hbond substituents is 2. The van der Waals surface area contributed by atoms with E-state index in [0.717, 1.165) is 11.1 Å². The maximum absolute atomic E-state index is 12.5. The number of benzene rings is 3. The number of rotatable bonds is 8. The Morgan fingerprint density at radius 3 is 2.32 bits per heavy atom. The van der Waals surface area contributed by atoms with Gasteiger partial charge in [0.1, 0.15) is 11.5 Å². The first-order chi connectivity index (χ1) is 14.9. The van der Waals surface area contributed by atoms with Gasteiger partial charge >= 0.3 is 0 Å². The summed E-state index contributed by atoms with van der Waals surface area (Å²) in [5.74, 6) is -0.189. The van der Waals surface area contributed by atoms with E-state index in [1.807, 2.05) is 18.2 Å². The van der Waals surface area contributed by atoms with Crippen LogP contribution in [0.4, 0.5) is 0 Å². The number of hydrogen-bond acceptors (Lipinski definition) is 3. The predicted molar refractivity (Wildman–Crippen MR) is 128 cm³/mol. The normalized spacial score (nSPS) is 10.9. The maximum atomic E-state index is 12.5. The van der Waals surface area contributed by atoms with Crippen molar-refractivity contribution in [3.63, 3.8) is 0 Å². The van der Waals surface area contributed by atoms with Crippen LogP contribution < -0.4 is 0 Å². The molecular formula is C27H23ClO3. The van der Waals surface area contributed by atoms with E-state index in [1.54, 1.807) is 54.6 Å². The van der Waals surface area contributed by atoms with Crippen LogP contribution in [-0.4, -0.2) is 16.0 Å². The number of aromatic hydroxyl groups is 2. The van der Waals surface area contributed by atoms with Crippen LogP contribution in [0, 0.1) is 0 Å². The topological polar surface area (TPSA) is 57.5 Å². The Bertz CT molecular complexity index is 1180. The molecule has 0 saturated carbocycles. The molecule has 0 heterocycles. The molecule has 0 aromatic heterocycles. The molecule has 0 fully saturated rings. The van der Waals surface area contributed by atoms with Crippen LogP contribution in [0.15, 0.2) is 86.0 Å². The zero-order valence-corrected chi connectivity index (χ0v) is 17.8. The van der Waals surface area contributed by atoms with E-state index in [2.05, 4.69) is 13.2 Å². The molecule has 0 spiro atoms. The fourth-order valence-corrected chi connectivity index (χ4v) is 3.52. The second kappa shape index (κ2) is 9.96. The lowest BCUT2D eigenvalue weighted by Crippen LogP contribution is -1.94. The Morgan fingerprint density at radius 2 is 1.61 bits per heavy atom. The van der Waals surface area contributed by atoms with Gasteiger partial charge in [-0.2, -0.15) is 0 Å². The minimum atomic E-state index is -0.228. The van der Waals surface area contributed by atoms with Crippen molar-refractivity contribution in [3.05, 3.63) is 113 Å².